The molecule has 1 aromatic heterocycles. The molecular weight excluding hydrogens is 336 g/mol. The van der Waals surface area contributed by atoms with Crippen LogP contribution in [0.5, 0.6) is 0 Å². The van der Waals surface area contributed by atoms with E-state index < -0.39 is 16.9 Å². The molecule has 0 saturated carbocycles. The molecule has 24 heavy (non-hydrogen) atoms. The molecule has 0 saturated heterocycles. The lowest BCUT2D eigenvalue weighted by Gasteiger charge is -2.17. The van der Waals surface area contributed by atoms with E-state index in [9.17, 15) is 13.6 Å². The quantitative estimate of drug-likeness (QED) is 0.650. The second-order valence-electron chi connectivity index (χ2n) is 6.30. The molecule has 0 aliphatic heterocycles. The Bertz CT molecular complexity index is 757. The highest BCUT2D eigenvalue weighted by Gasteiger charge is 2.25. The van der Waals surface area contributed by atoms with E-state index in [2.05, 4.69) is 15.5 Å². The Morgan fingerprint density at radius 3 is 2.50 bits per heavy atom. The van der Waals surface area contributed by atoms with Crippen LogP contribution in [0.3, 0.4) is 0 Å². The summed E-state index contributed by atoms with van der Waals surface area (Å²) >= 11 is 1.13. The summed E-state index contributed by atoms with van der Waals surface area (Å²) in [5, 5.41) is 10.4. The van der Waals surface area contributed by atoms with Crippen molar-refractivity contribution in [2.45, 2.75) is 43.5 Å². The number of carbonyl (C=O) groups is 1. The third kappa shape index (κ3) is 4.02. The van der Waals surface area contributed by atoms with Crippen LogP contribution in [0, 0.1) is 11.6 Å². The van der Waals surface area contributed by atoms with Gasteiger partial charge in [-0.2, -0.15) is 0 Å². The van der Waals surface area contributed by atoms with Gasteiger partial charge in [-0.15, -0.1) is 10.2 Å². The minimum atomic E-state index is -1.02. The number of benzene rings is 1. The summed E-state index contributed by atoms with van der Waals surface area (Å²) in [5.74, 6) is 4.19. The fourth-order valence-corrected chi connectivity index (χ4v) is 2.67. The lowest BCUT2D eigenvalue weighted by Crippen LogP contribution is -2.26. The van der Waals surface area contributed by atoms with Gasteiger partial charge in [-0.05, 0) is 19.1 Å². The number of hydrogen-bond donors (Lipinski definition) is 2. The molecule has 0 aliphatic carbocycles. The Hall–Kier alpha value is -2.16. The molecule has 0 spiro atoms. The van der Waals surface area contributed by atoms with E-state index in [-0.39, 0.29) is 17.0 Å². The third-order valence-electron chi connectivity index (χ3n) is 3.17. The first-order valence-corrected chi connectivity index (χ1v) is 8.11. The summed E-state index contributed by atoms with van der Waals surface area (Å²) in [6.45, 7) is 7.52. The second kappa shape index (κ2) is 6.76. The fourth-order valence-electron chi connectivity index (χ4n) is 1.90. The van der Waals surface area contributed by atoms with Gasteiger partial charge in [-0.3, -0.25) is 4.79 Å². The Balaban J connectivity index is 2.06. The van der Waals surface area contributed by atoms with Gasteiger partial charge in [0.2, 0.25) is 11.1 Å². The van der Waals surface area contributed by atoms with Crippen molar-refractivity contribution in [3.8, 4) is 0 Å². The Morgan fingerprint density at radius 1 is 1.29 bits per heavy atom. The molecule has 130 valence electrons. The normalized spacial score (nSPS) is 12.9. The SMILES string of the molecule is CC(Sc1nnc(C(C)(C)C)n1N)C(=O)Nc1ccc(F)c(F)c1. The lowest BCUT2D eigenvalue weighted by atomic mass is 9.96. The van der Waals surface area contributed by atoms with Gasteiger partial charge in [0.1, 0.15) is 0 Å². The first kappa shape index (κ1) is 18.2. The Kier molecular flexibility index (Phi) is 5.12. The molecule has 2 aromatic rings. The molecule has 1 atom stereocenters. The lowest BCUT2D eigenvalue weighted by molar-refractivity contribution is -0.115. The van der Waals surface area contributed by atoms with Crippen molar-refractivity contribution in [1.29, 1.82) is 0 Å². The first-order valence-electron chi connectivity index (χ1n) is 7.23. The van der Waals surface area contributed by atoms with Gasteiger partial charge < -0.3 is 11.2 Å². The number of amides is 1. The largest absolute Gasteiger partial charge is 0.336 e. The van der Waals surface area contributed by atoms with E-state index in [4.69, 9.17) is 5.84 Å². The topological polar surface area (TPSA) is 85.8 Å². The van der Waals surface area contributed by atoms with E-state index in [1.165, 1.54) is 10.7 Å². The maximum atomic E-state index is 13.2. The molecule has 1 heterocycles. The molecule has 1 unspecified atom stereocenters. The number of nitrogens with zero attached hydrogens (tertiary/aromatic N) is 3. The average Bonchev–Trinajstić information content (AvgIpc) is 2.84. The second-order valence-corrected chi connectivity index (χ2v) is 7.61. The highest BCUT2D eigenvalue weighted by Crippen LogP contribution is 2.26. The molecule has 1 amide bonds. The van der Waals surface area contributed by atoms with Gasteiger partial charge in [0.25, 0.3) is 0 Å². The monoisotopic (exact) mass is 355 g/mol. The summed E-state index contributed by atoms with van der Waals surface area (Å²) in [6, 6.07) is 3.17. The highest BCUT2D eigenvalue weighted by atomic mass is 32.2. The Labute approximate surface area is 142 Å². The highest BCUT2D eigenvalue weighted by molar-refractivity contribution is 8.00. The number of halogens is 2. The smallest absolute Gasteiger partial charge is 0.237 e. The number of hydrogen-bond acceptors (Lipinski definition) is 5. The molecular formula is C15H19F2N5OS. The van der Waals surface area contributed by atoms with Crippen LogP contribution in [0.2, 0.25) is 0 Å². The van der Waals surface area contributed by atoms with Crippen molar-refractivity contribution in [3.63, 3.8) is 0 Å². The summed E-state index contributed by atoms with van der Waals surface area (Å²) in [6.07, 6.45) is 0. The van der Waals surface area contributed by atoms with Crippen LogP contribution < -0.4 is 11.2 Å². The summed E-state index contributed by atoms with van der Waals surface area (Å²) in [7, 11) is 0. The predicted molar refractivity (Wildman–Crippen MR) is 89.2 cm³/mol. The van der Waals surface area contributed by atoms with Gasteiger partial charge in [0.15, 0.2) is 17.5 Å². The molecule has 0 aliphatic rings. The first-order chi connectivity index (χ1) is 11.1. The average molecular weight is 355 g/mol. The van der Waals surface area contributed by atoms with Crippen LogP contribution in [0.25, 0.3) is 0 Å². The number of carbonyl (C=O) groups excluding carboxylic acids is 1. The van der Waals surface area contributed by atoms with Gasteiger partial charge in [0.05, 0.1) is 5.25 Å². The van der Waals surface area contributed by atoms with Gasteiger partial charge in [-0.25, -0.2) is 13.5 Å². The molecule has 0 fully saturated rings. The van der Waals surface area contributed by atoms with Crippen LogP contribution in [-0.4, -0.2) is 26.0 Å². The van der Waals surface area contributed by atoms with E-state index >= 15 is 0 Å². The van der Waals surface area contributed by atoms with Crippen molar-refractivity contribution in [3.05, 3.63) is 35.7 Å². The van der Waals surface area contributed by atoms with Gasteiger partial charge in [0, 0.05) is 17.2 Å². The minimum absolute atomic E-state index is 0.177. The predicted octanol–water partition coefficient (Wildman–Crippen LogP) is 2.69. The van der Waals surface area contributed by atoms with Gasteiger partial charge in [-0.1, -0.05) is 32.5 Å². The molecule has 3 N–H and O–H groups in total. The van der Waals surface area contributed by atoms with Crippen molar-refractivity contribution in [1.82, 2.24) is 14.9 Å². The summed E-state index contributed by atoms with van der Waals surface area (Å²) < 4.78 is 27.4. The van der Waals surface area contributed by atoms with Crippen molar-refractivity contribution in [2.75, 3.05) is 11.2 Å². The van der Waals surface area contributed by atoms with Crippen LogP contribution in [0.4, 0.5) is 14.5 Å². The van der Waals surface area contributed by atoms with Crippen molar-refractivity contribution >= 4 is 23.4 Å². The van der Waals surface area contributed by atoms with Crippen molar-refractivity contribution in [2.24, 2.45) is 0 Å². The molecule has 6 nitrogen and oxygen atoms in total. The zero-order chi connectivity index (χ0) is 18.1. The molecule has 2 rings (SSSR count). The maximum absolute atomic E-state index is 13.2. The molecule has 1 aromatic carbocycles. The zero-order valence-corrected chi connectivity index (χ0v) is 14.6. The van der Waals surface area contributed by atoms with Crippen LogP contribution in [0.15, 0.2) is 23.4 Å². The van der Waals surface area contributed by atoms with E-state index in [0.29, 0.717) is 11.0 Å². The van der Waals surface area contributed by atoms with E-state index in [0.717, 1.165) is 23.9 Å². The summed E-state index contributed by atoms with van der Waals surface area (Å²) in [5.41, 5.74) is -0.103. The number of rotatable bonds is 4. The number of nitrogen functional groups attached to an aromatic ring is 1. The maximum Gasteiger partial charge on any atom is 0.237 e. The summed E-state index contributed by atoms with van der Waals surface area (Å²) in [4.78, 5) is 12.2. The minimum Gasteiger partial charge on any atom is -0.336 e. The van der Waals surface area contributed by atoms with E-state index in [1.807, 2.05) is 20.8 Å². The standard InChI is InChI=1S/C15H19F2N5OS/c1-8(12(23)19-9-5-6-10(16)11(17)7-9)24-14-21-20-13(22(14)18)15(2,3)4/h5-8H,18H2,1-4H3,(H,19,23). The van der Waals surface area contributed by atoms with Crippen LogP contribution in [0.1, 0.15) is 33.5 Å². The third-order valence-corrected chi connectivity index (χ3v) is 4.23. The fraction of sp³-hybridized carbons (Fsp3) is 0.400. The van der Waals surface area contributed by atoms with Gasteiger partial charge >= 0.3 is 0 Å². The molecule has 9 heteroatoms. The van der Waals surface area contributed by atoms with Crippen molar-refractivity contribution < 1.29 is 13.6 Å². The number of aromatic nitrogens is 3. The molecule has 0 radical (unpaired) electrons. The Morgan fingerprint density at radius 2 is 1.96 bits per heavy atom. The number of nitrogens with two attached hydrogens (primary N) is 1. The van der Waals surface area contributed by atoms with Crippen LogP contribution >= 0.6 is 11.8 Å². The van der Waals surface area contributed by atoms with E-state index in [1.54, 1.807) is 6.92 Å². The zero-order valence-electron chi connectivity index (χ0n) is 13.8. The van der Waals surface area contributed by atoms with Crippen LogP contribution in [-0.2, 0) is 10.2 Å². The number of nitrogens with one attached hydrogen (secondary N) is 1. The number of anilines is 1. The number of thioether (sulfide) groups is 1. The molecule has 0 bridgehead atoms.